The molecule has 0 N–H and O–H groups in total. The molecular formula is C23H29F6N3O4. The van der Waals surface area contributed by atoms with Crippen molar-refractivity contribution in [3.05, 3.63) is 33.7 Å². The van der Waals surface area contributed by atoms with Gasteiger partial charge in [0, 0.05) is 56.6 Å². The number of aromatic nitrogens is 1. The van der Waals surface area contributed by atoms with E-state index in [9.17, 15) is 40.7 Å². The van der Waals surface area contributed by atoms with Crippen LogP contribution in [0.15, 0.2) is 16.9 Å². The second-order valence-electron chi connectivity index (χ2n) is 9.07. The van der Waals surface area contributed by atoms with Gasteiger partial charge >= 0.3 is 18.3 Å². The van der Waals surface area contributed by atoms with E-state index in [0.717, 1.165) is 11.0 Å². The second-order valence-corrected chi connectivity index (χ2v) is 9.07. The molecule has 0 unspecified atom stereocenters. The minimum Gasteiger partial charge on any atom is -0.381 e. The average Bonchev–Trinajstić information content (AvgIpc) is 2.81. The van der Waals surface area contributed by atoms with E-state index in [1.54, 1.807) is 6.92 Å². The van der Waals surface area contributed by atoms with Gasteiger partial charge in [-0.15, -0.1) is 0 Å². The fraction of sp³-hybridized carbons (Fsp3) is 0.696. The molecule has 1 atom stereocenters. The van der Waals surface area contributed by atoms with Crippen LogP contribution in [0, 0.1) is 0 Å². The SMILES string of the molecule is CCC[C@H](CCC(=O)N1CCn2c(cc(C(F)(F)F)cc2=O)C1)N(C(=O)C(F)(F)F)C1CCOCC1. The molecule has 0 radical (unpaired) electrons. The van der Waals surface area contributed by atoms with Crippen LogP contribution in [0.3, 0.4) is 0 Å². The molecule has 0 saturated carbocycles. The normalized spacial score (nSPS) is 18.0. The van der Waals surface area contributed by atoms with Crippen molar-refractivity contribution < 1.29 is 40.7 Å². The van der Waals surface area contributed by atoms with Gasteiger partial charge in [0.2, 0.25) is 5.91 Å². The molecular weight excluding hydrogens is 496 g/mol. The van der Waals surface area contributed by atoms with E-state index in [4.69, 9.17) is 4.74 Å². The van der Waals surface area contributed by atoms with Gasteiger partial charge in [-0.05, 0) is 31.7 Å². The first kappa shape index (κ1) is 28.0. The number of fused-ring (bicyclic) bond motifs is 1. The average molecular weight is 525 g/mol. The number of nitrogens with zero attached hydrogens (tertiary/aromatic N) is 3. The van der Waals surface area contributed by atoms with Gasteiger partial charge in [-0.2, -0.15) is 26.3 Å². The summed E-state index contributed by atoms with van der Waals surface area (Å²) in [6.45, 7) is 2.11. The maximum atomic E-state index is 13.4. The zero-order valence-electron chi connectivity index (χ0n) is 19.8. The molecule has 3 rings (SSSR count). The van der Waals surface area contributed by atoms with E-state index in [0.29, 0.717) is 12.5 Å². The molecule has 2 amide bonds. The Bertz CT molecular complexity index is 1000. The van der Waals surface area contributed by atoms with Crippen LogP contribution in [0.5, 0.6) is 0 Å². The summed E-state index contributed by atoms with van der Waals surface area (Å²) >= 11 is 0. The third-order valence-electron chi connectivity index (χ3n) is 6.61. The Morgan fingerprint density at radius 3 is 2.33 bits per heavy atom. The standard InChI is InChI=1S/C23H29F6N3O4/c1-2-3-16(32(21(35)23(27,28)29)17-6-10-36-11-7-17)4-5-19(33)30-8-9-31-18(14-30)12-15(13-20(31)34)22(24,25)26/h12-13,16-17H,2-11,14H2,1H3/t16-/m1/s1. The van der Waals surface area contributed by atoms with E-state index < -0.39 is 47.4 Å². The minimum atomic E-state index is -5.06. The molecule has 1 saturated heterocycles. The molecule has 13 heteroatoms. The molecule has 3 heterocycles. The number of alkyl halides is 6. The van der Waals surface area contributed by atoms with Crippen molar-refractivity contribution >= 4 is 11.8 Å². The number of halogens is 6. The quantitative estimate of drug-likeness (QED) is 0.509. The fourth-order valence-electron chi connectivity index (χ4n) is 4.85. The van der Waals surface area contributed by atoms with Crippen LogP contribution in [0.25, 0.3) is 0 Å². The zero-order chi connectivity index (χ0) is 26.7. The summed E-state index contributed by atoms with van der Waals surface area (Å²) < 4.78 is 86.0. The number of pyridine rings is 1. The van der Waals surface area contributed by atoms with Crippen LogP contribution in [0.2, 0.25) is 0 Å². The largest absolute Gasteiger partial charge is 0.471 e. The molecule has 0 bridgehead atoms. The van der Waals surface area contributed by atoms with Crippen molar-refractivity contribution in [3.63, 3.8) is 0 Å². The first-order valence-corrected chi connectivity index (χ1v) is 11.9. The van der Waals surface area contributed by atoms with Crippen molar-refractivity contribution in [1.29, 1.82) is 0 Å². The summed E-state index contributed by atoms with van der Waals surface area (Å²) in [5.41, 5.74) is -1.88. The van der Waals surface area contributed by atoms with Crippen molar-refractivity contribution in [1.82, 2.24) is 14.4 Å². The predicted molar refractivity (Wildman–Crippen MR) is 116 cm³/mol. The van der Waals surface area contributed by atoms with Crippen molar-refractivity contribution in [2.75, 3.05) is 19.8 Å². The van der Waals surface area contributed by atoms with Crippen LogP contribution >= 0.6 is 0 Å². The van der Waals surface area contributed by atoms with Crippen LogP contribution < -0.4 is 5.56 Å². The van der Waals surface area contributed by atoms with Crippen molar-refractivity contribution in [2.24, 2.45) is 0 Å². The lowest BCUT2D eigenvalue weighted by atomic mass is 9.97. The summed E-state index contributed by atoms with van der Waals surface area (Å²) in [4.78, 5) is 39.5. The lowest BCUT2D eigenvalue weighted by Crippen LogP contribution is -2.54. The molecule has 1 aromatic rings. The van der Waals surface area contributed by atoms with E-state index >= 15 is 0 Å². The number of ether oxygens (including phenoxy) is 1. The molecule has 202 valence electrons. The highest BCUT2D eigenvalue weighted by molar-refractivity contribution is 5.82. The predicted octanol–water partition coefficient (Wildman–Crippen LogP) is 3.73. The summed E-state index contributed by atoms with van der Waals surface area (Å²) in [5.74, 6) is -2.40. The minimum absolute atomic E-state index is 0.0111. The molecule has 2 aliphatic rings. The highest BCUT2D eigenvalue weighted by Crippen LogP contribution is 2.31. The van der Waals surface area contributed by atoms with E-state index in [1.165, 1.54) is 9.47 Å². The number of hydrogen-bond donors (Lipinski definition) is 0. The first-order valence-electron chi connectivity index (χ1n) is 11.9. The van der Waals surface area contributed by atoms with Gasteiger partial charge in [0.1, 0.15) is 0 Å². The number of amides is 2. The highest BCUT2D eigenvalue weighted by Gasteiger charge is 2.47. The maximum Gasteiger partial charge on any atom is 0.471 e. The third-order valence-corrected chi connectivity index (χ3v) is 6.61. The molecule has 0 aromatic carbocycles. The van der Waals surface area contributed by atoms with Crippen LogP contribution in [-0.2, 0) is 33.6 Å². The topological polar surface area (TPSA) is 71.9 Å². The van der Waals surface area contributed by atoms with Gasteiger partial charge in [0.05, 0.1) is 12.1 Å². The van der Waals surface area contributed by atoms with Gasteiger partial charge in [0.25, 0.3) is 5.56 Å². The Hall–Kier alpha value is -2.57. The molecule has 1 aromatic heterocycles. The Balaban J connectivity index is 1.74. The van der Waals surface area contributed by atoms with Gasteiger partial charge in [0.15, 0.2) is 0 Å². The maximum absolute atomic E-state index is 13.4. The second kappa shape index (κ2) is 11.2. The smallest absolute Gasteiger partial charge is 0.381 e. The van der Waals surface area contributed by atoms with E-state index in [1.807, 2.05) is 0 Å². The summed E-state index contributed by atoms with van der Waals surface area (Å²) in [5, 5.41) is 0. The van der Waals surface area contributed by atoms with Gasteiger partial charge in [-0.25, -0.2) is 0 Å². The number of hydrogen-bond acceptors (Lipinski definition) is 4. The van der Waals surface area contributed by atoms with Crippen LogP contribution in [0.4, 0.5) is 26.3 Å². The zero-order valence-corrected chi connectivity index (χ0v) is 19.8. The van der Waals surface area contributed by atoms with Crippen molar-refractivity contribution in [2.45, 2.75) is 83.0 Å². The lowest BCUT2D eigenvalue weighted by Gasteiger charge is -2.40. The summed E-state index contributed by atoms with van der Waals surface area (Å²) in [6.07, 6.45) is -8.70. The van der Waals surface area contributed by atoms with Crippen LogP contribution in [-0.4, -0.2) is 64.2 Å². The van der Waals surface area contributed by atoms with Gasteiger partial charge in [-0.1, -0.05) is 13.3 Å². The Morgan fingerprint density at radius 2 is 1.75 bits per heavy atom. The molecule has 36 heavy (non-hydrogen) atoms. The van der Waals surface area contributed by atoms with Crippen molar-refractivity contribution in [3.8, 4) is 0 Å². The third kappa shape index (κ3) is 6.60. The summed E-state index contributed by atoms with van der Waals surface area (Å²) in [7, 11) is 0. The van der Waals surface area contributed by atoms with E-state index in [-0.39, 0.29) is 70.6 Å². The Labute approximate surface area is 204 Å². The number of rotatable bonds is 7. The Kier molecular flexibility index (Phi) is 8.73. The van der Waals surface area contributed by atoms with E-state index in [2.05, 4.69) is 0 Å². The molecule has 1 fully saturated rings. The van der Waals surface area contributed by atoms with Crippen LogP contribution in [0.1, 0.15) is 56.7 Å². The monoisotopic (exact) mass is 525 g/mol. The Morgan fingerprint density at radius 1 is 1.08 bits per heavy atom. The van der Waals surface area contributed by atoms with Gasteiger partial charge < -0.3 is 19.1 Å². The summed E-state index contributed by atoms with van der Waals surface area (Å²) in [6, 6.07) is -0.143. The molecule has 2 aliphatic heterocycles. The first-order chi connectivity index (χ1) is 16.8. The fourth-order valence-corrected chi connectivity index (χ4v) is 4.85. The number of carbonyl (C=O) groups is 2. The van der Waals surface area contributed by atoms with Gasteiger partial charge in [-0.3, -0.25) is 14.4 Å². The molecule has 0 spiro atoms. The lowest BCUT2D eigenvalue weighted by molar-refractivity contribution is -0.192. The molecule has 0 aliphatic carbocycles. The molecule has 7 nitrogen and oxygen atoms in total. The highest BCUT2D eigenvalue weighted by atomic mass is 19.4. The number of carbonyl (C=O) groups excluding carboxylic acids is 2.